The van der Waals surface area contributed by atoms with Gasteiger partial charge in [0, 0.05) is 5.25 Å². The summed E-state index contributed by atoms with van der Waals surface area (Å²) < 4.78 is 19.7. The molecule has 0 saturated carbocycles. The van der Waals surface area contributed by atoms with Crippen molar-refractivity contribution < 1.29 is 18.7 Å². The van der Waals surface area contributed by atoms with E-state index in [2.05, 4.69) is 5.32 Å². The molecule has 3 unspecified atom stereocenters. The maximum absolute atomic E-state index is 13.2. The van der Waals surface area contributed by atoms with Crippen LogP contribution in [-0.2, 0) is 13.9 Å². The predicted molar refractivity (Wildman–Crippen MR) is 80.7 cm³/mol. The van der Waals surface area contributed by atoms with Crippen molar-refractivity contribution in [3.63, 3.8) is 0 Å². The van der Waals surface area contributed by atoms with Gasteiger partial charge < -0.3 is 4.52 Å². The van der Waals surface area contributed by atoms with Gasteiger partial charge in [-0.2, -0.15) is 0 Å². The molecular weight excluding hydrogens is 299 g/mol. The Morgan fingerprint density at radius 1 is 1.40 bits per heavy atom. The predicted octanol–water partition coefficient (Wildman–Crippen LogP) is 3.38. The largest absolute Gasteiger partial charge is 0.358 e. The first-order chi connectivity index (χ1) is 9.25. The first-order valence-corrected chi connectivity index (χ1v) is 9.90. The quantitative estimate of drug-likeness (QED) is 0.574. The molecule has 0 radical (unpaired) electrons. The van der Waals surface area contributed by atoms with Gasteiger partial charge in [-0.15, -0.1) is 0 Å². The van der Waals surface area contributed by atoms with Crippen LogP contribution in [0, 0.1) is 0 Å². The van der Waals surface area contributed by atoms with E-state index in [1.165, 1.54) is 0 Å². The SMILES string of the molecule is CCOP(=O)(SC(C)CC)N1C(=O)NC(=O)C1(C)CC. The fourth-order valence-electron chi connectivity index (χ4n) is 1.90. The molecule has 3 amide bonds. The Morgan fingerprint density at radius 3 is 2.45 bits per heavy atom. The molecule has 1 aliphatic rings. The van der Waals surface area contributed by atoms with Crippen LogP contribution >= 0.6 is 18.1 Å². The van der Waals surface area contributed by atoms with E-state index in [0.29, 0.717) is 6.42 Å². The van der Waals surface area contributed by atoms with Crippen molar-refractivity contribution >= 4 is 30.0 Å². The highest BCUT2D eigenvalue weighted by Gasteiger charge is 2.57. The molecule has 0 aromatic rings. The topological polar surface area (TPSA) is 75.7 Å². The second kappa shape index (κ2) is 6.50. The number of hydrogen-bond donors (Lipinski definition) is 1. The normalized spacial score (nSPS) is 27.4. The van der Waals surface area contributed by atoms with Gasteiger partial charge in [-0.25, -0.2) is 9.46 Å². The van der Waals surface area contributed by atoms with E-state index in [-0.39, 0.29) is 11.9 Å². The Morgan fingerprint density at radius 2 is 2.00 bits per heavy atom. The molecule has 0 spiro atoms. The summed E-state index contributed by atoms with van der Waals surface area (Å²) in [6.45, 7) is 5.80. The van der Waals surface area contributed by atoms with Crippen molar-refractivity contribution in [2.45, 2.75) is 58.2 Å². The number of carbonyl (C=O) groups excluding carboxylic acids is 2. The summed E-state index contributed by atoms with van der Waals surface area (Å²) in [7, 11) is 0. The van der Waals surface area contributed by atoms with E-state index >= 15 is 0 Å². The molecule has 3 atom stereocenters. The number of carbonyl (C=O) groups is 2. The van der Waals surface area contributed by atoms with Crippen LogP contribution in [0.25, 0.3) is 0 Å². The second-order valence-corrected chi connectivity index (χ2v) is 9.54. The monoisotopic (exact) mass is 322 g/mol. The summed E-state index contributed by atoms with van der Waals surface area (Å²) in [5, 5.41) is 2.31. The minimum atomic E-state index is -3.45. The van der Waals surface area contributed by atoms with E-state index in [9.17, 15) is 14.2 Å². The summed E-state index contributed by atoms with van der Waals surface area (Å²) in [6.07, 6.45) is 1.18. The molecule has 1 saturated heterocycles. The Bertz CT molecular complexity index is 445. The molecule has 0 aliphatic carbocycles. The molecule has 0 aromatic carbocycles. The van der Waals surface area contributed by atoms with Crippen molar-refractivity contribution in [2.24, 2.45) is 0 Å². The lowest BCUT2D eigenvalue weighted by molar-refractivity contribution is -0.124. The zero-order chi connectivity index (χ0) is 15.6. The maximum Gasteiger partial charge on any atom is 0.358 e. The Balaban J connectivity index is 3.21. The minimum Gasteiger partial charge on any atom is -0.306 e. The number of amides is 3. The van der Waals surface area contributed by atoms with Crippen LogP contribution in [0.1, 0.15) is 47.5 Å². The van der Waals surface area contributed by atoms with E-state index in [1.54, 1.807) is 20.8 Å². The lowest BCUT2D eigenvalue weighted by Crippen LogP contribution is -2.44. The summed E-state index contributed by atoms with van der Waals surface area (Å²) in [4.78, 5) is 24.1. The van der Waals surface area contributed by atoms with Crippen molar-refractivity contribution in [1.82, 2.24) is 9.99 Å². The van der Waals surface area contributed by atoms with Gasteiger partial charge in [-0.1, -0.05) is 20.8 Å². The Kier molecular flexibility index (Phi) is 5.70. The standard InChI is InChI=1S/C12H23N2O4PS/c1-6-9(4)20-19(17,18-8-3)14-11(16)13-10(15)12(14,5)7-2/h9H,6-8H2,1-5H3,(H,13,15,16). The van der Waals surface area contributed by atoms with Crippen LogP contribution in [0.5, 0.6) is 0 Å². The highest BCUT2D eigenvalue weighted by molar-refractivity contribution is 8.56. The average molecular weight is 322 g/mol. The number of urea groups is 1. The molecule has 0 aromatic heterocycles. The minimum absolute atomic E-state index is 0.0667. The average Bonchev–Trinajstić information content (AvgIpc) is 2.60. The van der Waals surface area contributed by atoms with Gasteiger partial charge in [0.25, 0.3) is 5.91 Å². The van der Waals surface area contributed by atoms with Gasteiger partial charge in [0.1, 0.15) is 5.54 Å². The van der Waals surface area contributed by atoms with Gasteiger partial charge in [-0.05, 0) is 38.1 Å². The third-order valence-electron chi connectivity index (χ3n) is 3.48. The lowest BCUT2D eigenvalue weighted by Gasteiger charge is -2.36. The number of hydrogen-bond acceptors (Lipinski definition) is 5. The maximum atomic E-state index is 13.2. The smallest absolute Gasteiger partial charge is 0.306 e. The lowest BCUT2D eigenvalue weighted by atomic mass is 10.00. The Hall–Kier alpha value is -0.520. The fraction of sp³-hybridized carbons (Fsp3) is 0.833. The molecule has 0 bridgehead atoms. The van der Waals surface area contributed by atoms with Crippen LogP contribution in [-0.4, -0.2) is 34.0 Å². The van der Waals surface area contributed by atoms with Crippen LogP contribution in [0.2, 0.25) is 0 Å². The van der Waals surface area contributed by atoms with Crippen LogP contribution in [0.15, 0.2) is 0 Å². The van der Waals surface area contributed by atoms with Crippen molar-refractivity contribution in [1.29, 1.82) is 0 Å². The molecule has 1 heterocycles. The first-order valence-electron chi connectivity index (χ1n) is 6.84. The molecule has 1 N–H and O–H groups in total. The van der Waals surface area contributed by atoms with Gasteiger partial charge >= 0.3 is 12.8 Å². The summed E-state index contributed by atoms with van der Waals surface area (Å²) >= 11 is 1.14. The molecule has 1 fully saturated rings. The number of nitrogens with one attached hydrogen (secondary N) is 1. The van der Waals surface area contributed by atoms with Crippen molar-refractivity contribution in [2.75, 3.05) is 6.61 Å². The third-order valence-corrected chi connectivity index (χ3v) is 8.83. The first kappa shape index (κ1) is 17.5. The van der Waals surface area contributed by atoms with Gasteiger partial charge in [0.15, 0.2) is 0 Å². The molecule has 6 nitrogen and oxygen atoms in total. The fourth-order valence-corrected chi connectivity index (χ4v) is 7.50. The van der Waals surface area contributed by atoms with Crippen molar-refractivity contribution in [3.8, 4) is 0 Å². The van der Waals surface area contributed by atoms with Crippen LogP contribution < -0.4 is 5.32 Å². The van der Waals surface area contributed by atoms with Crippen LogP contribution in [0.4, 0.5) is 4.79 Å². The molecule has 1 rings (SSSR count). The van der Waals surface area contributed by atoms with Crippen LogP contribution in [0.3, 0.4) is 0 Å². The zero-order valence-corrected chi connectivity index (χ0v) is 14.3. The van der Waals surface area contributed by atoms with Crippen molar-refractivity contribution in [3.05, 3.63) is 0 Å². The molecule has 20 heavy (non-hydrogen) atoms. The van der Waals surface area contributed by atoms with Gasteiger partial charge in [-0.3, -0.25) is 14.7 Å². The third kappa shape index (κ3) is 3.05. The summed E-state index contributed by atoms with van der Waals surface area (Å²) in [5.74, 6) is -0.422. The molecule has 8 heteroatoms. The summed E-state index contributed by atoms with van der Waals surface area (Å²) in [5.41, 5.74) is -1.12. The molecule has 116 valence electrons. The van der Waals surface area contributed by atoms with E-state index in [0.717, 1.165) is 22.5 Å². The van der Waals surface area contributed by atoms with E-state index in [4.69, 9.17) is 4.52 Å². The highest BCUT2D eigenvalue weighted by atomic mass is 32.7. The number of rotatable bonds is 7. The van der Waals surface area contributed by atoms with Gasteiger partial charge in [0.05, 0.1) is 6.61 Å². The summed E-state index contributed by atoms with van der Waals surface area (Å²) in [6, 6.07) is -0.632. The van der Waals surface area contributed by atoms with E-state index in [1.807, 2.05) is 13.8 Å². The Labute approximate surface area is 124 Å². The number of imide groups is 1. The zero-order valence-electron chi connectivity index (χ0n) is 12.6. The number of nitrogens with zero attached hydrogens (tertiary/aromatic N) is 1. The highest BCUT2D eigenvalue weighted by Crippen LogP contribution is 2.67. The second-order valence-electron chi connectivity index (χ2n) is 4.91. The molecular formula is C12H23N2O4PS. The van der Waals surface area contributed by atoms with Gasteiger partial charge in [0.2, 0.25) is 0 Å². The van der Waals surface area contributed by atoms with E-state index < -0.39 is 24.2 Å². The molecule has 1 aliphatic heterocycles.